The molecule has 0 saturated carbocycles. The highest BCUT2D eigenvalue weighted by molar-refractivity contribution is 7.53. The summed E-state index contributed by atoms with van der Waals surface area (Å²) in [6, 6.07) is 4.74. The number of rotatable bonds is 10. The smallest absolute Gasteiger partial charge is 0.408 e. The molecule has 3 unspecified atom stereocenters. The van der Waals surface area contributed by atoms with Crippen LogP contribution in [-0.4, -0.2) is 56.6 Å². The Balaban J connectivity index is 3.14. The Morgan fingerprint density at radius 1 is 1.06 bits per heavy atom. The van der Waals surface area contributed by atoms with Crippen LogP contribution in [0, 0.1) is 5.92 Å². The zero-order chi connectivity index (χ0) is 25.6. The Labute approximate surface area is 193 Å². The zero-order valence-corrected chi connectivity index (χ0v) is 20.5. The summed E-state index contributed by atoms with van der Waals surface area (Å²) in [6.45, 7) is 9.16. The topological polar surface area (TPSA) is 171 Å². The van der Waals surface area contributed by atoms with Crippen LogP contribution in [0.2, 0.25) is 0 Å². The van der Waals surface area contributed by atoms with E-state index < -0.39 is 55.0 Å². The third-order valence-electron chi connectivity index (χ3n) is 4.31. The van der Waals surface area contributed by atoms with Gasteiger partial charge in [-0.15, -0.1) is 0 Å². The molecule has 0 aliphatic rings. The zero-order valence-electron chi connectivity index (χ0n) is 19.6. The number of phenols is 1. The number of carbonyl (C=O) groups is 3. The van der Waals surface area contributed by atoms with Gasteiger partial charge in [0.25, 0.3) is 0 Å². The van der Waals surface area contributed by atoms with Crippen molar-refractivity contribution in [1.82, 2.24) is 10.6 Å². The molecule has 0 aliphatic carbocycles. The van der Waals surface area contributed by atoms with Crippen LogP contribution in [-0.2, 0) is 29.8 Å². The summed E-state index contributed by atoms with van der Waals surface area (Å²) >= 11 is 0. The number of benzene rings is 1. The number of carboxylic acids is 1. The van der Waals surface area contributed by atoms with Gasteiger partial charge < -0.3 is 30.5 Å². The molecule has 2 amide bonds. The fourth-order valence-corrected chi connectivity index (χ4v) is 4.45. The van der Waals surface area contributed by atoms with E-state index in [2.05, 4.69) is 10.6 Å². The molecule has 11 nitrogen and oxygen atoms in total. The standard InChI is InChI=1S/C21H33N2O9P/c1-12(2)18(33(29,30)32-13(3)19(26)27)23-17(25)16(22-20(28)31-21(4,5)6)11-14-7-9-15(24)10-8-14/h7-10,12-13,16,18,24H,11H2,1-6H3,(H,22,28)(H,23,25)(H,26,27)(H,29,30)/t13?,16-,18?/m0/s1. The van der Waals surface area contributed by atoms with Crippen LogP contribution in [0.5, 0.6) is 5.75 Å². The number of hydrogen-bond donors (Lipinski definition) is 5. The van der Waals surface area contributed by atoms with Crippen LogP contribution in [0.15, 0.2) is 24.3 Å². The van der Waals surface area contributed by atoms with Crippen LogP contribution in [0.25, 0.3) is 0 Å². The van der Waals surface area contributed by atoms with E-state index in [1.807, 2.05) is 0 Å². The molecule has 0 aliphatic heterocycles. The molecule has 0 aromatic heterocycles. The lowest BCUT2D eigenvalue weighted by Gasteiger charge is -2.30. The number of alkyl carbamates (subject to hydrolysis) is 1. The first kappa shape index (κ1) is 28.4. The molecule has 1 aromatic rings. The summed E-state index contributed by atoms with van der Waals surface area (Å²) in [6.07, 6.45) is -2.46. The Bertz CT molecular complexity index is 881. The van der Waals surface area contributed by atoms with Gasteiger partial charge in [0.05, 0.1) is 0 Å². The summed E-state index contributed by atoms with van der Waals surface area (Å²) in [5, 5.41) is 23.3. The van der Waals surface area contributed by atoms with Gasteiger partial charge in [0.1, 0.15) is 23.2 Å². The normalized spacial score (nSPS) is 16.2. The number of aliphatic carboxylic acids is 1. The minimum atomic E-state index is -4.61. The van der Waals surface area contributed by atoms with Crippen LogP contribution < -0.4 is 10.6 Å². The van der Waals surface area contributed by atoms with Crippen molar-refractivity contribution in [2.75, 3.05) is 0 Å². The van der Waals surface area contributed by atoms with Gasteiger partial charge in [-0.2, -0.15) is 0 Å². The molecule has 0 saturated heterocycles. The maximum absolute atomic E-state index is 13.1. The van der Waals surface area contributed by atoms with Crippen molar-refractivity contribution in [3.05, 3.63) is 29.8 Å². The molecule has 0 radical (unpaired) electrons. The molecule has 0 heterocycles. The van der Waals surface area contributed by atoms with Crippen molar-refractivity contribution in [2.45, 2.75) is 71.5 Å². The van der Waals surface area contributed by atoms with Gasteiger partial charge in [0, 0.05) is 6.42 Å². The van der Waals surface area contributed by atoms with Gasteiger partial charge in [0.15, 0.2) is 6.10 Å². The monoisotopic (exact) mass is 488 g/mol. The summed E-state index contributed by atoms with van der Waals surface area (Å²) in [7, 11) is -4.61. The fourth-order valence-electron chi connectivity index (χ4n) is 2.74. The second-order valence-electron chi connectivity index (χ2n) is 8.92. The van der Waals surface area contributed by atoms with E-state index in [9.17, 15) is 28.9 Å². The first-order valence-corrected chi connectivity index (χ1v) is 12.0. The molecule has 186 valence electrons. The molecule has 12 heteroatoms. The van der Waals surface area contributed by atoms with Gasteiger partial charge >= 0.3 is 19.7 Å². The number of phenolic OH excluding ortho intramolecular Hbond substituents is 1. The van der Waals surface area contributed by atoms with Crippen LogP contribution in [0.4, 0.5) is 4.79 Å². The van der Waals surface area contributed by atoms with Gasteiger partial charge in [0.2, 0.25) is 5.91 Å². The number of amides is 2. The van der Waals surface area contributed by atoms with E-state index >= 15 is 0 Å². The number of aromatic hydroxyl groups is 1. The maximum atomic E-state index is 13.1. The fraction of sp³-hybridized carbons (Fsp3) is 0.571. The van der Waals surface area contributed by atoms with E-state index in [4.69, 9.17) is 14.4 Å². The van der Waals surface area contributed by atoms with Crippen molar-refractivity contribution < 1.29 is 43.3 Å². The van der Waals surface area contributed by atoms with Gasteiger partial charge in [-0.3, -0.25) is 13.9 Å². The molecular formula is C21H33N2O9P. The van der Waals surface area contributed by atoms with Crippen LogP contribution in [0.1, 0.15) is 47.1 Å². The lowest BCUT2D eigenvalue weighted by Crippen LogP contribution is -2.52. The van der Waals surface area contributed by atoms with Crippen molar-refractivity contribution in [3.8, 4) is 5.75 Å². The third-order valence-corrected chi connectivity index (χ3v) is 6.36. The molecule has 1 rings (SSSR count). The highest BCUT2D eigenvalue weighted by Gasteiger charge is 2.40. The molecule has 1 aromatic carbocycles. The minimum Gasteiger partial charge on any atom is -0.508 e. The van der Waals surface area contributed by atoms with Crippen molar-refractivity contribution in [2.24, 2.45) is 5.92 Å². The van der Waals surface area contributed by atoms with Gasteiger partial charge in [-0.25, -0.2) is 9.59 Å². The summed E-state index contributed by atoms with van der Waals surface area (Å²) < 4.78 is 22.8. The Hall–Kier alpha value is -2.62. The lowest BCUT2D eigenvalue weighted by atomic mass is 10.0. The van der Waals surface area contributed by atoms with Crippen molar-refractivity contribution >= 4 is 25.6 Å². The maximum Gasteiger partial charge on any atom is 0.408 e. The summed E-state index contributed by atoms with van der Waals surface area (Å²) in [5.41, 5.74) is -0.237. The number of nitrogens with one attached hydrogen (secondary N) is 2. The minimum absolute atomic E-state index is 0.0156. The molecule has 0 spiro atoms. The van der Waals surface area contributed by atoms with E-state index in [1.54, 1.807) is 46.8 Å². The van der Waals surface area contributed by atoms with Crippen molar-refractivity contribution in [3.63, 3.8) is 0 Å². The van der Waals surface area contributed by atoms with Crippen molar-refractivity contribution in [1.29, 1.82) is 0 Å². The summed E-state index contributed by atoms with van der Waals surface area (Å²) in [4.78, 5) is 46.8. The summed E-state index contributed by atoms with van der Waals surface area (Å²) in [5.74, 6) is -4.26. The third kappa shape index (κ3) is 9.81. The lowest BCUT2D eigenvalue weighted by molar-refractivity contribution is -0.144. The predicted molar refractivity (Wildman–Crippen MR) is 120 cm³/mol. The first-order chi connectivity index (χ1) is 15.0. The molecular weight excluding hydrogens is 455 g/mol. The number of carboxylic acid groups (broad SMARTS) is 1. The first-order valence-electron chi connectivity index (χ1n) is 10.3. The van der Waals surface area contributed by atoms with Gasteiger partial charge in [-0.05, 0) is 51.3 Å². The highest BCUT2D eigenvalue weighted by Crippen LogP contribution is 2.50. The second kappa shape index (κ2) is 11.5. The van der Waals surface area contributed by atoms with Crippen LogP contribution >= 0.6 is 7.60 Å². The number of ether oxygens (including phenoxy) is 1. The SMILES string of the molecule is CC(OP(=O)(O)C(NC(=O)[C@H](Cc1ccc(O)cc1)NC(=O)OC(C)(C)C)C(C)C)C(=O)O. The van der Waals surface area contributed by atoms with E-state index in [1.165, 1.54) is 12.1 Å². The second-order valence-corrected chi connectivity index (χ2v) is 10.8. The predicted octanol–water partition coefficient (Wildman–Crippen LogP) is 2.60. The van der Waals surface area contributed by atoms with E-state index in [0.717, 1.165) is 6.92 Å². The largest absolute Gasteiger partial charge is 0.508 e. The molecule has 0 bridgehead atoms. The highest BCUT2D eigenvalue weighted by atomic mass is 31.2. The van der Waals surface area contributed by atoms with Gasteiger partial charge in [-0.1, -0.05) is 26.0 Å². The number of hydrogen-bond acceptors (Lipinski definition) is 7. The Morgan fingerprint density at radius 2 is 1.61 bits per heavy atom. The van der Waals surface area contributed by atoms with E-state index in [-0.39, 0.29) is 12.2 Å². The van der Waals surface area contributed by atoms with Crippen LogP contribution in [0.3, 0.4) is 0 Å². The van der Waals surface area contributed by atoms with E-state index in [0.29, 0.717) is 5.56 Å². The molecule has 5 N–H and O–H groups in total. The quantitative estimate of drug-likeness (QED) is 0.310. The molecule has 4 atom stereocenters. The Kier molecular flexibility index (Phi) is 9.89. The average molecular weight is 488 g/mol. The number of carbonyl (C=O) groups excluding carboxylic acids is 2. The molecule has 0 fully saturated rings. The Morgan fingerprint density at radius 3 is 2.06 bits per heavy atom. The average Bonchev–Trinajstić information content (AvgIpc) is 2.64. The molecule has 33 heavy (non-hydrogen) atoms.